The lowest BCUT2D eigenvalue weighted by Crippen LogP contribution is -2.24. The van der Waals surface area contributed by atoms with E-state index in [1.54, 1.807) is 0 Å². The number of primary amides is 1. The van der Waals surface area contributed by atoms with Crippen molar-refractivity contribution in [3.63, 3.8) is 0 Å². The highest BCUT2D eigenvalue weighted by Crippen LogP contribution is 2.06. The standard InChI is InChI=1S/C9H12N5O/c10-8(15)7-2-4-12-9(14-7)13-6-1-3-11-5-6/h4,6,11H,1,3,5H2,(H2,10,15)(H,12,13,14)/t6-/m0/s1. The Morgan fingerprint density at radius 3 is 3.27 bits per heavy atom. The second-order valence-corrected chi connectivity index (χ2v) is 3.38. The second-order valence-electron chi connectivity index (χ2n) is 3.38. The van der Waals surface area contributed by atoms with Gasteiger partial charge >= 0.3 is 0 Å². The summed E-state index contributed by atoms with van der Waals surface area (Å²) in [6.07, 6.45) is 2.42. The number of nitrogens with two attached hydrogens (primary N) is 1. The van der Waals surface area contributed by atoms with Crippen LogP contribution >= 0.6 is 0 Å². The average molecular weight is 206 g/mol. The third-order valence-corrected chi connectivity index (χ3v) is 2.23. The predicted molar refractivity (Wildman–Crippen MR) is 54.3 cm³/mol. The van der Waals surface area contributed by atoms with E-state index in [0.29, 0.717) is 12.0 Å². The van der Waals surface area contributed by atoms with Crippen molar-refractivity contribution in [2.75, 3.05) is 18.4 Å². The summed E-state index contributed by atoms with van der Waals surface area (Å²) in [7, 11) is 0. The fourth-order valence-electron chi connectivity index (χ4n) is 1.48. The van der Waals surface area contributed by atoms with Gasteiger partial charge in [-0.05, 0) is 13.0 Å². The van der Waals surface area contributed by atoms with Crippen molar-refractivity contribution in [1.82, 2.24) is 15.3 Å². The molecule has 0 bridgehead atoms. The smallest absolute Gasteiger partial charge is 0.268 e. The van der Waals surface area contributed by atoms with Gasteiger partial charge in [0.25, 0.3) is 5.91 Å². The maximum Gasteiger partial charge on any atom is 0.268 e. The number of nitrogens with zero attached hydrogens (tertiary/aromatic N) is 2. The number of carbonyl (C=O) groups excluding carboxylic acids is 1. The predicted octanol–water partition coefficient (Wildman–Crippen LogP) is -0.851. The lowest BCUT2D eigenvalue weighted by molar-refractivity contribution is 0.0995. The van der Waals surface area contributed by atoms with Gasteiger partial charge in [0.1, 0.15) is 5.69 Å². The molecule has 0 aliphatic carbocycles. The topological polar surface area (TPSA) is 92.9 Å². The zero-order valence-corrected chi connectivity index (χ0v) is 8.16. The molecule has 0 unspecified atom stereocenters. The number of nitrogens with one attached hydrogen (secondary N) is 2. The number of hydrogen-bond donors (Lipinski definition) is 3. The molecule has 0 aromatic carbocycles. The molecule has 2 rings (SSSR count). The minimum absolute atomic E-state index is 0.110. The summed E-state index contributed by atoms with van der Waals surface area (Å²) in [5.74, 6) is -0.166. The first-order valence-corrected chi connectivity index (χ1v) is 4.77. The van der Waals surface area contributed by atoms with Crippen LogP contribution in [0.5, 0.6) is 0 Å². The molecule has 0 spiro atoms. The Kier molecular flexibility index (Phi) is 2.77. The van der Waals surface area contributed by atoms with Gasteiger partial charge in [0, 0.05) is 24.8 Å². The molecule has 1 aliphatic heterocycles. The molecule has 1 amide bonds. The van der Waals surface area contributed by atoms with Crippen molar-refractivity contribution in [3.8, 4) is 0 Å². The number of hydrogen-bond acceptors (Lipinski definition) is 5. The van der Waals surface area contributed by atoms with E-state index in [1.807, 2.05) is 0 Å². The molecule has 4 N–H and O–H groups in total. The lowest BCUT2D eigenvalue weighted by Gasteiger charge is -2.10. The van der Waals surface area contributed by atoms with E-state index in [-0.39, 0.29) is 5.69 Å². The first kappa shape index (κ1) is 9.85. The molecule has 15 heavy (non-hydrogen) atoms. The molecule has 79 valence electrons. The fraction of sp³-hybridized carbons (Fsp3) is 0.444. The molecule has 1 saturated heterocycles. The molecule has 0 saturated carbocycles. The summed E-state index contributed by atoms with van der Waals surface area (Å²) in [6, 6.07) is 2.89. The monoisotopic (exact) mass is 206 g/mol. The third-order valence-electron chi connectivity index (χ3n) is 2.23. The van der Waals surface area contributed by atoms with Crippen LogP contribution < -0.4 is 16.4 Å². The largest absolute Gasteiger partial charge is 0.364 e. The molecule has 1 aromatic rings. The van der Waals surface area contributed by atoms with E-state index < -0.39 is 5.91 Å². The molecule has 6 nitrogen and oxygen atoms in total. The Morgan fingerprint density at radius 1 is 1.73 bits per heavy atom. The Balaban J connectivity index is 2.07. The Hall–Kier alpha value is -1.69. The van der Waals surface area contributed by atoms with Crippen molar-refractivity contribution >= 4 is 11.9 Å². The van der Waals surface area contributed by atoms with Crippen molar-refractivity contribution in [2.45, 2.75) is 12.5 Å². The maximum absolute atomic E-state index is 10.9. The number of aromatic nitrogens is 2. The van der Waals surface area contributed by atoms with E-state index in [0.717, 1.165) is 19.5 Å². The molecule has 1 fully saturated rings. The van der Waals surface area contributed by atoms with Crippen molar-refractivity contribution in [2.24, 2.45) is 5.73 Å². The van der Waals surface area contributed by atoms with Gasteiger partial charge in [-0.3, -0.25) is 4.79 Å². The molecule has 1 aliphatic rings. The van der Waals surface area contributed by atoms with Crippen LogP contribution in [-0.2, 0) is 0 Å². The Bertz CT molecular complexity index is 361. The highest BCUT2D eigenvalue weighted by atomic mass is 16.1. The van der Waals surface area contributed by atoms with Crippen molar-refractivity contribution in [1.29, 1.82) is 0 Å². The van der Waals surface area contributed by atoms with Gasteiger partial charge < -0.3 is 16.4 Å². The van der Waals surface area contributed by atoms with Gasteiger partial charge in [-0.2, -0.15) is 0 Å². The first-order chi connectivity index (χ1) is 7.25. The van der Waals surface area contributed by atoms with Gasteiger partial charge in [0.15, 0.2) is 0 Å². The molecule has 1 atom stereocenters. The van der Waals surface area contributed by atoms with Crippen LogP contribution in [0.1, 0.15) is 16.9 Å². The average Bonchev–Trinajstić information content (AvgIpc) is 2.71. The van der Waals surface area contributed by atoms with E-state index >= 15 is 0 Å². The minimum Gasteiger partial charge on any atom is -0.364 e. The highest BCUT2D eigenvalue weighted by molar-refractivity contribution is 5.90. The summed E-state index contributed by atoms with van der Waals surface area (Å²) in [4.78, 5) is 18.8. The van der Waals surface area contributed by atoms with Crippen LogP contribution in [0.3, 0.4) is 0 Å². The second kappa shape index (κ2) is 4.22. The van der Waals surface area contributed by atoms with Crippen molar-refractivity contribution in [3.05, 3.63) is 18.0 Å². The molecule has 2 heterocycles. The van der Waals surface area contributed by atoms with Crippen LogP contribution in [0, 0.1) is 6.07 Å². The molecule has 1 radical (unpaired) electrons. The Labute approximate surface area is 87.3 Å². The van der Waals surface area contributed by atoms with Gasteiger partial charge in [-0.1, -0.05) is 0 Å². The zero-order valence-electron chi connectivity index (χ0n) is 8.16. The van der Waals surface area contributed by atoms with Crippen molar-refractivity contribution < 1.29 is 4.79 Å². The normalized spacial score (nSPS) is 20.1. The van der Waals surface area contributed by atoms with Crippen LogP contribution in [0.2, 0.25) is 0 Å². The number of anilines is 1. The Morgan fingerprint density at radius 2 is 2.60 bits per heavy atom. The van der Waals surface area contributed by atoms with Crippen LogP contribution in [0.4, 0.5) is 5.95 Å². The summed E-state index contributed by atoms with van der Waals surface area (Å²) < 4.78 is 0. The van der Waals surface area contributed by atoms with Crippen LogP contribution in [0.15, 0.2) is 6.20 Å². The zero-order chi connectivity index (χ0) is 10.7. The minimum atomic E-state index is -0.593. The van der Waals surface area contributed by atoms with E-state index in [2.05, 4.69) is 26.7 Å². The van der Waals surface area contributed by atoms with Gasteiger partial charge in [0.05, 0.1) is 0 Å². The van der Waals surface area contributed by atoms with E-state index in [4.69, 9.17) is 5.73 Å². The summed E-state index contributed by atoms with van der Waals surface area (Å²) in [5, 5.41) is 6.34. The van der Waals surface area contributed by atoms with Gasteiger partial charge in [-0.15, -0.1) is 0 Å². The van der Waals surface area contributed by atoms with Gasteiger partial charge in [-0.25, -0.2) is 9.97 Å². The first-order valence-electron chi connectivity index (χ1n) is 4.77. The summed E-state index contributed by atoms with van der Waals surface area (Å²) in [5.41, 5.74) is 5.20. The molecular formula is C9H12N5O. The molecule has 6 heteroatoms. The van der Waals surface area contributed by atoms with E-state index in [1.165, 1.54) is 6.20 Å². The third kappa shape index (κ3) is 2.41. The van der Waals surface area contributed by atoms with Gasteiger partial charge in [0.2, 0.25) is 5.95 Å². The highest BCUT2D eigenvalue weighted by Gasteiger charge is 2.15. The molecule has 1 aromatic heterocycles. The lowest BCUT2D eigenvalue weighted by atomic mass is 10.3. The quantitative estimate of drug-likeness (QED) is 0.599. The molecular weight excluding hydrogens is 194 g/mol. The van der Waals surface area contributed by atoms with Crippen LogP contribution in [0.25, 0.3) is 0 Å². The number of carbonyl (C=O) groups is 1. The number of amides is 1. The SMILES string of the molecule is NC(=O)c1[c]cnc(N[C@H]2CCNC2)n1. The fourth-order valence-corrected chi connectivity index (χ4v) is 1.48. The van der Waals surface area contributed by atoms with E-state index in [9.17, 15) is 4.79 Å². The summed E-state index contributed by atoms with van der Waals surface area (Å²) in [6.45, 7) is 1.87. The summed E-state index contributed by atoms with van der Waals surface area (Å²) >= 11 is 0. The number of rotatable bonds is 3. The van der Waals surface area contributed by atoms with Crippen LogP contribution in [-0.4, -0.2) is 35.0 Å². The maximum atomic E-state index is 10.9.